The number of piperidine rings is 1. The number of rotatable bonds is 3. The molecule has 0 radical (unpaired) electrons. The molecule has 0 unspecified atom stereocenters. The molecule has 1 aromatic rings. The molecule has 5 nitrogen and oxygen atoms in total. The molecule has 2 fully saturated rings. The van der Waals surface area contributed by atoms with E-state index in [-0.39, 0.29) is 23.8 Å². The zero-order chi connectivity index (χ0) is 16.4. The highest BCUT2D eigenvalue weighted by Crippen LogP contribution is 2.37. The predicted octanol–water partition coefficient (Wildman–Crippen LogP) is 2.23. The molecule has 1 aromatic carbocycles. The third kappa shape index (κ3) is 3.05. The molecule has 2 saturated heterocycles. The van der Waals surface area contributed by atoms with Crippen molar-refractivity contribution in [1.82, 2.24) is 9.80 Å². The van der Waals surface area contributed by atoms with Crippen LogP contribution in [0, 0.1) is 5.92 Å². The van der Waals surface area contributed by atoms with Crippen molar-refractivity contribution in [3.63, 3.8) is 0 Å². The van der Waals surface area contributed by atoms with E-state index in [0.29, 0.717) is 12.8 Å². The van der Waals surface area contributed by atoms with Crippen LogP contribution in [0.1, 0.15) is 37.3 Å². The molecule has 0 spiro atoms. The van der Waals surface area contributed by atoms with Gasteiger partial charge in [0.2, 0.25) is 11.8 Å². The van der Waals surface area contributed by atoms with E-state index in [4.69, 9.17) is 4.74 Å². The quantitative estimate of drug-likeness (QED) is 0.859. The number of benzene rings is 1. The van der Waals surface area contributed by atoms with E-state index in [1.54, 1.807) is 19.1 Å². The summed E-state index contributed by atoms with van der Waals surface area (Å²) in [4.78, 5) is 28.8. The number of hydrogen-bond donors (Lipinski definition) is 0. The number of likely N-dealkylation sites (tertiary alicyclic amines) is 2. The lowest BCUT2D eigenvalue weighted by atomic mass is 9.83. The average molecular weight is 316 g/mol. The van der Waals surface area contributed by atoms with Crippen LogP contribution >= 0.6 is 0 Å². The Labute approximate surface area is 137 Å². The number of nitrogens with zero attached hydrogens (tertiary/aromatic N) is 2. The molecule has 0 N–H and O–H groups in total. The minimum absolute atomic E-state index is 0.108. The summed E-state index contributed by atoms with van der Waals surface area (Å²) in [7, 11) is 3.44. The lowest BCUT2D eigenvalue weighted by Gasteiger charge is -2.40. The van der Waals surface area contributed by atoms with Gasteiger partial charge in [0.15, 0.2) is 0 Å². The molecular weight excluding hydrogens is 292 g/mol. The maximum atomic E-state index is 12.9. The highest BCUT2D eigenvalue weighted by molar-refractivity contribution is 5.85. The predicted molar refractivity (Wildman–Crippen MR) is 87.0 cm³/mol. The van der Waals surface area contributed by atoms with Crippen molar-refractivity contribution >= 4 is 11.8 Å². The molecule has 2 atom stereocenters. The van der Waals surface area contributed by atoms with Gasteiger partial charge >= 0.3 is 0 Å². The first-order chi connectivity index (χ1) is 11.1. The molecule has 0 aromatic heterocycles. The first kappa shape index (κ1) is 15.8. The molecule has 2 heterocycles. The molecule has 124 valence electrons. The van der Waals surface area contributed by atoms with Crippen molar-refractivity contribution in [2.75, 3.05) is 27.2 Å². The maximum absolute atomic E-state index is 12.9. The molecule has 2 aliphatic heterocycles. The lowest BCUT2D eigenvalue weighted by molar-refractivity contribution is -0.146. The molecule has 0 aliphatic carbocycles. The van der Waals surface area contributed by atoms with E-state index in [1.807, 2.05) is 29.2 Å². The van der Waals surface area contributed by atoms with Crippen molar-refractivity contribution in [2.45, 2.75) is 31.7 Å². The summed E-state index contributed by atoms with van der Waals surface area (Å²) >= 11 is 0. The highest BCUT2D eigenvalue weighted by Gasteiger charge is 2.40. The fraction of sp³-hybridized carbons (Fsp3) is 0.556. The number of carbonyl (C=O) groups is 2. The topological polar surface area (TPSA) is 49.9 Å². The fourth-order valence-corrected chi connectivity index (χ4v) is 3.73. The molecule has 2 aliphatic rings. The van der Waals surface area contributed by atoms with E-state index in [1.165, 1.54) is 0 Å². The summed E-state index contributed by atoms with van der Waals surface area (Å²) < 4.78 is 5.20. The standard InChI is InChI=1S/C18H24N2O3/c1-19-16(21)10-9-15(18(22)20-11-3-4-12-20)17(19)13-5-7-14(23-2)8-6-13/h5-8,15,17H,3-4,9-12H2,1-2H3/t15-,17+/m0/s1. The Morgan fingerprint density at radius 1 is 1.17 bits per heavy atom. The Balaban J connectivity index is 1.89. The number of ether oxygens (including phenoxy) is 1. The first-order valence-corrected chi connectivity index (χ1v) is 8.30. The summed E-state index contributed by atoms with van der Waals surface area (Å²) in [6.45, 7) is 1.70. The zero-order valence-electron chi connectivity index (χ0n) is 13.8. The Hall–Kier alpha value is -2.04. The third-order valence-electron chi connectivity index (χ3n) is 5.05. The molecule has 5 heteroatoms. The largest absolute Gasteiger partial charge is 0.497 e. The van der Waals surface area contributed by atoms with Crippen LogP contribution in [0.15, 0.2) is 24.3 Å². The van der Waals surface area contributed by atoms with Gasteiger partial charge in [0, 0.05) is 26.6 Å². The SMILES string of the molecule is COc1ccc([C@@H]2[C@@H](C(=O)N3CCCC3)CCC(=O)N2C)cc1. The van der Waals surface area contributed by atoms with Crippen LogP contribution < -0.4 is 4.74 Å². The van der Waals surface area contributed by atoms with Crippen LogP contribution in [0.4, 0.5) is 0 Å². The van der Waals surface area contributed by atoms with E-state index >= 15 is 0 Å². The molecule has 0 bridgehead atoms. The van der Waals surface area contributed by atoms with Gasteiger partial charge in [-0.1, -0.05) is 12.1 Å². The highest BCUT2D eigenvalue weighted by atomic mass is 16.5. The van der Waals surface area contributed by atoms with Gasteiger partial charge < -0.3 is 14.5 Å². The van der Waals surface area contributed by atoms with Gasteiger partial charge in [-0.25, -0.2) is 0 Å². The Kier molecular flexibility index (Phi) is 4.55. The lowest BCUT2D eigenvalue weighted by Crippen LogP contribution is -2.47. The van der Waals surface area contributed by atoms with Gasteiger partial charge in [0.05, 0.1) is 19.1 Å². The van der Waals surface area contributed by atoms with Gasteiger partial charge in [-0.3, -0.25) is 9.59 Å². The number of methoxy groups -OCH3 is 1. The summed E-state index contributed by atoms with van der Waals surface area (Å²) in [5, 5.41) is 0. The van der Waals surface area contributed by atoms with Crippen LogP contribution in [-0.4, -0.2) is 48.9 Å². The number of carbonyl (C=O) groups excluding carboxylic acids is 2. The van der Waals surface area contributed by atoms with Crippen molar-refractivity contribution in [3.8, 4) is 5.75 Å². The smallest absolute Gasteiger partial charge is 0.228 e. The summed E-state index contributed by atoms with van der Waals surface area (Å²) in [5.74, 6) is 0.934. The van der Waals surface area contributed by atoms with E-state index < -0.39 is 0 Å². The zero-order valence-corrected chi connectivity index (χ0v) is 13.8. The monoisotopic (exact) mass is 316 g/mol. The maximum Gasteiger partial charge on any atom is 0.228 e. The fourth-order valence-electron chi connectivity index (χ4n) is 3.73. The molecule has 2 amide bonds. The van der Waals surface area contributed by atoms with Crippen LogP contribution in [0.3, 0.4) is 0 Å². The molecule has 3 rings (SSSR count). The number of amides is 2. The molecular formula is C18H24N2O3. The van der Waals surface area contributed by atoms with Gasteiger partial charge in [0.1, 0.15) is 5.75 Å². The van der Waals surface area contributed by atoms with Crippen molar-refractivity contribution in [1.29, 1.82) is 0 Å². The summed E-state index contributed by atoms with van der Waals surface area (Å²) in [6, 6.07) is 7.51. The summed E-state index contributed by atoms with van der Waals surface area (Å²) in [6.07, 6.45) is 3.25. The minimum Gasteiger partial charge on any atom is -0.497 e. The van der Waals surface area contributed by atoms with Crippen molar-refractivity contribution in [3.05, 3.63) is 29.8 Å². The molecule has 0 saturated carbocycles. The summed E-state index contributed by atoms with van der Waals surface area (Å²) in [5.41, 5.74) is 0.999. The molecule has 23 heavy (non-hydrogen) atoms. The average Bonchev–Trinajstić information content (AvgIpc) is 3.11. The first-order valence-electron chi connectivity index (χ1n) is 8.30. The van der Waals surface area contributed by atoms with Gasteiger partial charge in [0.25, 0.3) is 0 Å². The number of hydrogen-bond acceptors (Lipinski definition) is 3. The van der Waals surface area contributed by atoms with E-state index in [0.717, 1.165) is 37.2 Å². The normalized spacial score (nSPS) is 24.9. The van der Waals surface area contributed by atoms with Crippen LogP contribution in [0.25, 0.3) is 0 Å². The van der Waals surface area contributed by atoms with Crippen molar-refractivity contribution < 1.29 is 14.3 Å². The van der Waals surface area contributed by atoms with E-state index in [2.05, 4.69) is 0 Å². The van der Waals surface area contributed by atoms with Gasteiger partial charge in [-0.2, -0.15) is 0 Å². The van der Waals surface area contributed by atoms with Crippen molar-refractivity contribution in [2.24, 2.45) is 5.92 Å². The second-order valence-electron chi connectivity index (χ2n) is 6.40. The van der Waals surface area contributed by atoms with Crippen LogP contribution in [0.5, 0.6) is 5.75 Å². The van der Waals surface area contributed by atoms with Gasteiger partial charge in [-0.05, 0) is 37.0 Å². The Morgan fingerprint density at radius 2 is 1.83 bits per heavy atom. The Morgan fingerprint density at radius 3 is 2.43 bits per heavy atom. The van der Waals surface area contributed by atoms with Crippen LogP contribution in [-0.2, 0) is 9.59 Å². The van der Waals surface area contributed by atoms with Crippen LogP contribution in [0.2, 0.25) is 0 Å². The van der Waals surface area contributed by atoms with E-state index in [9.17, 15) is 9.59 Å². The van der Waals surface area contributed by atoms with Gasteiger partial charge in [-0.15, -0.1) is 0 Å². The minimum atomic E-state index is -0.185. The Bertz CT molecular complexity index is 578. The third-order valence-corrected chi connectivity index (χ3v) is 5.05. The second kappa shape index (κ2) is 6.60. The second-order valence-corrected chi connectivity index (χ2v) is 6.40.